The van der Waals surface area contributed by atoms with E-state index in [9.17, 15) is 19.1 Å². The van der Waals surface area contributed by atoms with Gasteiger partial charge in [-0.1, -0.05) is 11.6 Å². The predicted octanol–water partition coefficient (Wildman–Crippen LogP) is 3.06. The molecular weight excluding hydrogens is 401 g/mol. The Balaban J connectivity index is 1.52. The highest BCUT2D eigenvalue weighted by Gasteiger charge is 2.25. The van der Waals surface area contributed by atoms with Gasteiger partial charge < -0.3 is 20.5 Å². The van der Waals surface area contributed by atoms with E-state index in [1.54, 1.807) is 6.07 Å². The average molecular weight is 422 g/mol. The van der Waals surface area contributed by atoms with E-state index in [-0.39, 0.29) is 40.0 Å². The highest BCUT2D eigenvalue weighted by Crippen LogP contribution is 2.25. The van der Waals surface area contributed by atoms with Crippen LogP contribution in [-0.4, -0.2) is 41.1 Å². The molecule has 9 heteroatoms. The van der Waals surface area contributed by atoms with Gasteiger partial charge in [-0.2, -0.15) is 0 Å². The molecule has 0 aliphatic heterocycles. The van der Waals surface area contributed by atoms with Crippen molar-refractivity contribution in [1.29, 1.82) is 0 Å². The van der Waals surface area contributed by atoms with Crippen molar-refractivity contribution in [3.8, 4) is 11.5 Å². The summed E-state index contributed by atoms with van der Waals surface area (Å²) in [5, 5.41) is 15.7. The van der Waals surface area contributed by atoms with Crippen molar-refractivity contribution in [3.63, 3.8) is 0 Å². The Labute approximate surface area is 172 Å². The number of nitrogens with zero attached hydrogens (tertiary/aromatic N) is 1. The molecule has 1 aliphatic rings. The number of phenols is 1. The van der Waals surface area contributed by atoms with E-state index in [1.807, 2.05) is 0 Å². The third kappa shape index (κ3) is 5.14. The van der Waals surface area contributed by atoms with Crippen molar-refractivity contribution < 1.29 is 23.8 Å². The average Bonchev–Trinajstić information content (AvgIpc) is 2.70. The first kappa shape index (κ1) is 20.9. The molecule has 0 unspecified atom stereocenters. The number of benzene rings is 1. The fourth-order valence-corrected chi connectivity index (χ4v) is 3.51. The van der Waals surface area contributed by atoms with Crippen LogP contribution in [0.2, 0.25) is 5.15 Å². The summed E-state index contributed by atoms with van der Waals surface area (Å²) in [5.74, 6) is -1.16. The fraction of sp³-hybridized carbons (Fsp3) is 0.350. The Bertz CT molecular complexity index is 917. The van der Waals surface area contributed by atoms with Crippen molar-refractivity contribution in [3.05, 3.63) is 52.6 Å². The third-order valence-electron chi connectivity index (χ3n) is 4.90. The molecule has 154 valence electrons. The van der Waals surface area contributed by atoms with Gasteiger partial charge in [-0.15, -0.1) is 0 Å². The van der Waals surface area contributed by atoms with Crippen molar-refractivity contribution >= 4 is 23.4 Å². The molecule has 1 fully saturated rings. The van der Waals surface area contributed by atoms with Gasteiger partial charge in [0.05, 0.1) is 24.4 Å². The molecule has 0 atom stereocenters. The summed E-state index contributed by atoms with van der Waals surface area (Å²) < 4.78 is 18.3. The number of pyridine rings is 1. The van der Waals surface area contributed by atoms with Crippen LogP contribution in [0.4, 0.5) is 4.39 Å². The van der Waals surface area contributed by atoms with Gasteiger partial charge in [0.2, 0.25) is 0 Å². The maximum atomic E-state index is 13.3. The van der Waals surface area contributed by atoms with E-state index in [4.69, 9.17) is 16.3 Å². The molecule has 1 aromatic heterocycles. The minimum atomic E-state index is -0.632. The van der Waals surface area contributed by atoms with E-state index < -0.39 is 11.7 Å². The number of nitrogens with one attached hydrogen (secondary N) is 2. The second kappa shape index (κ2) is 9.09. The molecule has 1 heterocycles. The van der Waals surface area contributed by atoms with E-state index in [0.29, 0.717) is 31.4 Å². The van der Waals surface area contributed by atoms with Gasteiger partial charge in [-0.05, 0) is 43.9 Å². The topological polar surface area (TPSA) is 101 Å². The number of hydrogen-bond acceptors (Lipinski definition) is 5. The number of phenolic OH excluding ortho intramolecular Hbond substituents is 1. The Hall–Kier alpha value is -2.87. The van der Waals surface area contributed by atoms with E-state index in [0.717, 1.165) is 12.3 Å². The first-order valence-electron chi connectivity index (χ1n) is 9.17. The molecule has 7 nitrogen and oxygen atoms in total. The molecule has 0 saturated heterocycles. The van der Waals surface area contributed by atoms with Crippen LogP contribution in [0.25, 0.3) is 0 Å². The quantitative estimate of drug-likeness (QED) is 0.644. The monoisotopic (exact) mass is 421 g/mol. The molecule has 1 aromatic carbocycles. The number of halogens is 2. The summed E-state index contributed by atoms with van der Waals surface area (Å²) >= 11 is 5.86. The highest BCUT2D eigenvalue weighted by molar-refractivity contribution is 6.32. The molecule has 2 aromatic rings. The number of amides is 2. The van der Waals surface area contributed by atoms with Crippen molar-refractivity contribution in [2.75, 3.05) is 7.11 Å². The minimum Gasteiger partial charge on any atom is -0.507 e. The Morgan fingerprint density at radius 2 is 1.69 bits per heavy atom. The van der Waals surface area contributed by atoms with E-state index >= 15 is 0 Å². The number of carbonyl (C=O) groups excluding carboxylic acids is 2. The molecule has 0 radical (unpaired) electrons. The molecule has 3 N–H and O–H groups in total. The van der Waals surface area contributed by atoms with Gasteiger partial charge >= 0.3 is 0 Å². The van der Waals surface area contributed by atoms with Gasteiger partial charge in [0.1, 0.15) is 22.5 Å². The minimum absolute atomic E-state index is 0.00271. The zero-order valence-corrected chi connectivity index (χ0v) is 16.5. The standard InChI is InChI=1S/C20H21ClFN3O4/c1-29-14-6-7-15(17(26)9-14)19(27)24-12-2-4-13(5-3-12)25-20(28)16-8-11(22)10-23-18(16)21/h6-10,12-13,26H,2-5H2,1H3,(H,24,27)(H,25,28). The van der Waals surface area contributed by atoms with Crippen LogP contribution in [-0.2, 0) is 0 Å². The van der Waals surface area contributed by atoms with Crippen molar-refractivity contribution in [2.45, 2.75) is 37.8 Å². The molecule has 0 spiro atoms. The SMILES string of the molecule is COc1ccc(C(=O)NC2CCC(NC(=O)c3cc(F)cnc3Cl)CC2)c(O)c1. The van der Waals surface area contributed by atoms with Crippen molar-refractivity contribution in [2.24, 2.45) is 0 Å². The summed E-state index contributed by atoms with van der Waals surface area (Å²) in [5.41, 5.74) is 0.173. The molecule has 0 bridgehead atoms. The van der Waals surface area contributed by atoms with Gasteiger partial charge in [-0.3, -0.25) is 9.59 Å². The maximum absolute atomic E-state index is 13.3. The summed E-state index contributed by atoms with van der Waals surface area (Å²) in [6, 6.07) is 5.37. The smallest absolute Gasteiger partial charge is 0.255 e. The second-order valence-electron chi connectivity index (χ2n) is 6.87. The first-order valence-corrected chi connectivity index (χ1v) is 9.55. The zero-order chi connectivity index (χ0) is 21.0. The number of carbonyl (C=O) groups is 2. The van der Waals surface area contributed by atoms with Gasteiger partial charge in [0.25, 0.3) is 11.8 Å². The molecule has 3 rings (SSSR count). The van der Waals surface area contributed by atoms with Crippen LogP contribution in [0.5, 0.6) is 11.5 Å². The summed E-state index contributed by atoms with van der Waals surface area (Å²) in [4.78, 5) is 28.4. The summed E-state index contributed by atoms with van der Waals surface area (Å²) in [7, 11) is 1.48. The van der Waals surface area contributed by atoms with Crippen LogP contribution in [0.3, 0.4) is 0 Å². The number of rotatable bonds is 5. The lowest BCUT2D eigenvalue weighted by atomic mass is 9.90. The first-order chi connectivity index (χ1) is 13.9. The van der Waals surface area contributed by atoms with Gasteiger partial charge in [0.15, 0.2) is 0 Å². The largest absolute Gasteiger partial charge is 0.507 e. The Kier molecular flexibility index (Phi) is 6.53. The lowest BCUT2D eigenvalue weighted by Gasteiger charge is -2.29. The Morgan fingerprint density at radius 1 is 1.10 bits per heavy atom. The van der Waals surface area contributed by atoms with Crippen LogP contribution >= 0.6 is 11.6 Å². The molecule has 29 heavy (non-hydrogen) atoms. The Morgan fingerprint density at radius 3 is 2.24 bits per heavy atom. The van der Waals surface area contributed by atoms with Gasteiger partial charge in [0, 0.05) is 18.2 Å². The number of methoxy groups -OCH3 is 1. The summed E-state index contributed by atoms with van der Waals surface area (Å²) in [6.45, 7) is 0. The van der Waals surface area contributed by atoms with Crippen molar-refractivity contribution in [1.82, 2.24) is 15.6 Å². The third-order valence-corrected chi connectivity index (χ3v) is 5.20. The lowest BCUT2D eigenvalue weighted by Crippen LogP contribution is -2.43. The molecular formula is C20H21ClFN3O4. The van der Waals surface area contributed by atoms with E-state index in [2.05, 4.69) is 15.6 Å². The van der Waals surface area contributed by atoms with Crippen LogP contribution in [0.15, 0.2) is 30.5 Å². The molecule has 1 saturated carbocycles. The number of aromatic hydroxyl groups is 1. The summed E-state index contributed by atoms with van der Waals surface area (Å²) in [6.07, 6.45) is 3.55. The maximum Gasteiger partial charge on any atom is 0.255 e. The fourth-order valence-electron chi connectivity index (χ4n) is 3.32. The van der Waals surface area contributed by atoms with Crippen LogP contribution in [0.1, 0.15) is 46.4 Å². The predicted molar refractivity (Wildman–Crippen MR) is 105 cm³/mol. The number of hydrogen-bond donors (Lipinski definition) is 3. The second-order valence-corrected chi connectivity index (χ2v) is 7.23. The van der Waals surface area contributed by atoms with Gasteiger partial charge in [-0.25, -0.2) is 9.37 Å². The van der Waals surface area contributed by atoms with E-state index in [1.165, 1.54) is 19.2 Å². The molecule has 1 aliphatic carbocycles. The number of aromatic nitrogens is 1. The lowest BCUT2D eigenvalue weighted by molar-refractivity contribution is 0.0890. The zero-order valence-electron chi connectivity index (χ0n) is 15.7. The highest BCUT2D eigenvalue weighted by atomic mass is 35.5. The number of ether oxygens (including phenoxy) is 1. The van der Waals surface area contributed by atoms with Crippen LogP contribution in [0, 0.1) is 5.82 Å². The molecule has 2 amide bonds. The normalized spacial score (nSPS) is 18.7. The van der Waals surface area contributed by atoms with Crippen LogP contribution < -0.4 is 15.4 Å².